The summed E-state index contributed by atoms with van der Waals surface area (Å²) >= 11 is 0. The maximum atomic E-state index is 12.9. The monoisotopic (exact) mass is 403 g/mol. The van der Waals surface area contributed by atoms with Gasteiger partial charge in [-0.2, -0.15) is 13.2 Å². The molecule has 0 bridgehead atoms. The average Bonchev–Trinajstić information content (AvgIpc) is 2.72. The number of rotatable bonds is 5. The number of esters is 1. The molecule has 1 N–H and O–H groups in total. The minimum atomic E-state index is -4.58. The van der Waals surface area contributed by atoms with Gasteiger partial charge in [-0.3, -0.25) is 9.78 Å². The molecule has 6 nitrogen and oxygen atoms in total. The molecule has 0 aliphatic carbocycles. The molecule has 0 saturated carbocycles. The lowest BCUT2D eigenvalue weighted by atomic mass is 10.1. The summed E-state index contributed by atoms with van der Waals surface area (Å²) in [5.74, 6) is -1.58. The fourth-order valence-corrected chi connectivity index (χ4v) is 2.72. The number of para-hydroxylation sites is 2. The van der Waals surface area contributed by atoms with E-state index in [2.05, 4.69) is 15.3 Å². The van der Waals surface area contributed by atoms with Crippen LogP contribution in [0.1, 0.15) is 21.6 Å². The van der Waals surface area contributed by atoms with Crippen molar-refractivity contribution < 1.29 is 27.5 Å². The Kier molecular flexibility index (Phi) is 5.76. The molecule has 1 amide bonds. The van der Waals surface area contributed by atoms with Crippen LogP contribution in [-0.4, -0.2) is 35.0 Å². The van der Waals surface area contributed by atoms with Crippen LogP contribution in [0.15, 0.2) is 54.7 Å². The number of carbonyl (C=O) groups excluding carboxylic acids is 2. The Balaban J connectivity index is 1.81. The Morgan fingerprint density at radius 3 is 2.52 bits per heavy atom. The van der Waals surface area contributed by atoms with Gasteiger partial charge in [-0.25, -0.2) is 9.78 Å². The van der Waals surface area contributed by atoms with Crippen molar-refractivity contribution in [3.8, 4) is 0 Å². The third-order valence-corrected chi connectivity index (χ3v) is 4.15. The summed E-state index contributed by atoms with van der Waals surface area (Å²) < 4.78 is 43.3. The predicted molar refractivity (Wildman–Crippen MR) is 98.0 cm³/mol. The largest absolute Gasteiger partial charge is 0.467 e. The standard InChI is InChI=1S/C20H16F3N3O3/c1-29-19(28)17(10-14-11-24-15-7-2-3-8-16(15)25-14)26-18(27)12-5-4-6-13(9-12)20(21,22)23/h2-9,11,17H,10H2,1H3,(H,26,27)/t17-/m0/s1. The molecule has 0 saturated heterocycles. The van der Waals surface area contributed by atoms with Gasteiger partial charge in [0, 0.05) is 18.2 Å². The highest BCUT2D eigenvalue weighted by atomic mass is 19.4. The van der Waals surface area contributed by atoms with Gasteiger partial charge in [0.1, 0.15) is 6.04 Å². The summed E-state index contributed by atoms with van der Waals surface area (Å²) in [6.07, 6.45) is -3.15. The number of halogens is 3. The van der Waals surface area contributed by atoms with Gasteiger partial charge in [-0.05, 0) is 30.3 Å². The van der Waals surface area contributed by atoms with E-state index in [0.717, 1.165) is 25.3 Å². The summed E-state index contributed by atoms with van der Waals surface area (Å²) in [6.45, 7) is 0. The number of alkyl halides is 3. The molecule has 3 rings (SSSR count). The second-order valence-electron chi connectivity index (χ2n) is 6.18. The predicted octanol–water partition coefficient (Wildman–Crippen LogP) is 3.16. The van der Waals surface area contributed by atoms with Crippen molar-refractivity contribution in [3.05, 3.63) is 71.5 Å². The molecule has 3 aromatic rings. The molecule has 1 aromatic heterocycles. The van der Waals surface area contributed by atoms with Crippen LogP contribution >= 0.6 is 0 Å². The third kappa shape index (κ3) is 4.87. The summed E-state index contributed by atoms with van der Waals surface area (Å²) in [7, 11) is 1.15. The quantitative estimate of drug-likeness (QED) is 0.662. The van der Waals surface area contributed by atoms with E-state index in [1.54, 1.807) is 18.2 Å². The SMILES string of the molecule is COC(=O)[C@H](Cc1cnc2ccccc2n1)NC(=O)c1cccc(C(F)(F)F)c1. The molecular formula is C20H16F3N3O3. The second-order valence-corrected chi connectivity index (χ2v) is 6.18. The Morgan fingerprint density at radius 2 is 1.83 bits per heavy atom. The Hall–Kier alpha value is -3.49. The van der Waals surface area contributed by atoms with Crippen LogP contribution < -0.4 is 5.32 Å². The van der Waals surface area contributed by atoms with Crippen molar-refractivity contribution >= 4 is 22.9 Å². The highest BCUT2D eigenvalue weighted by Crippen LogP contribution is 2.29. The molecule has 2 aromatic carbocycles. The van der Waals surface area contributed by atoms with Gasteiger partial charge < -0.3 is 10.1 Å². The molecule has 0 unspecified atom stereocenters. The first-order valence-electron chi connectivity index (χ1n) is 8.54. The third-order valence-electron chi connectivity index (χ3n) is 4.15. The van der Waals surface area contributed by atoms with Crippen LogP contribution in [0.5, 0.6) is 0 Å². The van der Waals surface area contributed by atoms with Crippen LogP contribution in [0.4, 0.5) is 13.2 Å². The van der Waals surface area contributed by atoms with E-state index in [-0.39, 0.29) is 12.0 Å². The minimum Gasteiger partial charge on any atom is -0.467 e. The first kappa shape index (κ1) is 20.2. The minimum absolute atomic E-state index is 0.0325. The van der Waals surface area contributed by atoms with Gasteiger partial charge in [-0.1, -0.05) is 18.2 Å². The van der Waals surface area contributed by atoms with Crippen molar-refractivity contribution in [1.82, 2.24) is 15.3 Å². The lowest BCUT2D eigenvalue weighted by Crippen LogP contribution is -2.43. The lowest BCUT2D eigenvalue weighted by molar-refractivity contribution is -0.143. The van der Waals surface area contributed by atoms with Crippen molar-refractivity contribution in [2.45, 2.75) is 18.6 Å². The normalized spacial score (nSPS) is 12.4. The first-order valence-corrected chi connectivity index (χ1v) is 8.54. The number of nitrogens with one attached hydrogen (secondary N) is 1. The van der Waals surface area contributed by atoms with E-state index in [4.69, 9.17) is 4.74 Å². The molecule has 0 aliphatic rings. The summed E-state index contributed by atoms with van der Waals surface area (Å²) in [5.41, 5.74) is 0.513. The first-order chi connectivity index (χ1) is 13.8. The number of nitrogens with zero attached hydrogens (tertiary/aromatic N) is 2. The van der Waals surface area contributed by atoms with Gasteiger partial charge >= 0.3 is 12.1 Å². The second kappa shape index (κ2) is 8.26. The number of methoxy groups -OCH3 is 1. The van der Waals surface area contributed by atoms with E-state index in [9.17, 15) is 22.8 Å². The number of amides is 1. The topological polar surface area (TPSA) is 81.2 Å². The molecule has 9 heteroatoms. The number of hydrogen-bond donors (Lipinski definition) is 1. The summed E-state index contributed by atoms with van der Waals surface area (Å²) in [5, 5.41) is 2.41. The zero-order valence-electron chi connectivity index (χ0n) is 15.2. The Labute approximate surface area is 163 Å². The van der Waals surface area contributed by atoms with Gasteiger partial charge in [0.05, 0.1) is 29.4 Å². The maximum absolute atomic E-state index is 12.9. The molecule has 1 heterocycles. The average molecular weight is 403 g/mol. The molecule has 1 atom stereocenters. The van der Waals surface area contributed by atoms with Crippen molar-refractivity contribution in [1.29, 1.82) is 0 Å². The lowest BCUT2D eigenvalue weighted by Gasteiger charge is -2.17. The van der Waals surface area contributed by atoms with E-state index in [0.29, 0.717) is 16.7 Å². The van der Waals surface area contributed by atoms with Crippen LogP contribution in [0.3, 0.4) is 0 Å². The summed E-state index contributed by atoms with van der Waals surface area (Å²) in [6, 6.07) is 9.92. The highest BCUT2D eigenvalue weighted by molar-refractivity contribution is 5.97. The number of benzene rings is 2. The number of hydrogen-bond acceptors (Lipinski definition) is 5. The van der Waals surface area contributed by atoms with E-state index in [1.165, 1.54) is 12.3 Å². The van der Waals surface area contributed by atoms with E-state index < -0.39 is 29.7 Å². The zero-order chi connectivity index (χ0) is 21.0. The van der Waals surface area contributed by atoms with Crippen molar-refractivity contribution in [2.24, 2.45) is 0 Å². The maximum Gasteiger partial charge on any atom is 0.416 e. The summed E-state index contributed by atoms with van der Waals surface area (Å²) in [4.78, 5) is 33.2. The fraction of sp³-hybridized carbons (Fsp3) is 0.200. The Morgan fingerprint density at radius 1 is 1.10 bits per heavy atom. The molecule has 29 heavy (non-hydrogen) atoms. The number of carbonyl (C=O) groups is 2. The van der Waals surface area contributed by atoms with Gasteiger partial charge in [0.15, 0.2) is 0 Å². The Bertz CT molecular complexity index is 1050. The van der Waals surface area contributed by atoms with Crippen molar-refractivity contribution in [3.63, 3.8) is 0 Å². The van der Waals surface area contributed by atoms with Crippen LogP contribution in [0.2, 0.25) is 0 Å². The molecular weight excluding hydrogens is 387 g/mol. The van der Waals surface area contributed by atoms with E-state index in [1.807, 2.05) is 6.07 Å². The smallest absolute Gasteiger partial charge is 0.416 e. The fourth-order valence-electron chi connectivity index (χ4n) is 2.72. The molecule has 0 spiro atoms. The molecule has 0 aliphatic heterocycles. The van der Waals surface area contributed by atoms with Gasteiger partial charge in [-0.15, -0.1) is 0 Å². The van der Waals surface area contributed by atoms with Gasteiger partial charge in [0.25, 0.3) is 5.91 Å². The number of fused-ring (bicyclic) bond motifs is 1. The van der Waals surface area contributed by atoms with Gasteiger partial charge in [0.2, 0.25) is 0 Å². The zero-order valence-corrected chi connectivity index (χ0v) is 15.2. The van der Waals surface area contributed by atoms with E-state index >= 15 is 0 Å². The molecule has 150 valence electrons. The number of ether oxygens (including phenoxy) is 1. The highest BCUT2D eigenvalue weighted by Gasteiger charge is 2.31. The molecule has 0 fully saturated rings. The molecule has 0 radical (unpaired) electrons. The van der Waals surface area contributed by atoms with Crippen LogP contribution in [-0.2, 0) is 22.1 Å². The number of aromatic nitrogens is 2. The van der Waals surface area contributed by atoms with Crippen LogP contribution in [0, 0.1) is 0 Å². The van der Waals surface area contributed by atoms with Crippen LogP contribution in [0.25, 0.3) is 11.0 Å². The van der Waals surface area contributed by atoms with Crippen molar-refractivity contribution in [2.75, 3.05) is 7.11 Å².